The molecule has 0 atom stereocenters. The molecule has 1 heterocycles. The summed E-state index contributed by atoms with van der Waals surface area (Å²) >= 11 is 0. The van der Waals surface area contributed by atoms with Crippen molar-refractivity contribution in [2.45, 2.75) is 20.3 Å². The van der Waals surface area contributed by atoms with Crippen LogP contribution in [-0.4, -0.2) is 29.6 Å². The van der Waals surface area contributed by atoms with E-state index in [1.807, 2.05) is 24.9 Å². The number of hydrogen-bond donors (Lipinski definition) is 2. The smallest absolute Gasteiger partial charge is 0.174 e. The van der Waals surface area contributed by atoms with Gasteiger partial charge in [0.1, 0.15) is 5.82 Å². The van der Waals surface area contributed by atoms with Crippen LogP contribution >= 0.6 is 0 Å². The van der Waals surface area contributed by atoms with Crippen LogP contribution in [0.5, 0.6) is 0 Å². The molecule has 0 bridgehead atoms. The van der Waals surface area contributed by atoms with Gasteiger partial charge in [-0.2, -0.15) is 0 Å². The second-order valence-electron chi connectivity index (χ2n) is 3.73. The van der Waals surface area contributed by atoms with Crippen molar-refractivity contribution in [1.82, 2.24) is 4.98 Å². The average molecular weight is 222 g/mol. The van der Waals surface area contributed by atoms with Crippen molar-refractivity contribution in [3.05, 3.63) is 23.4 Å². The van der Waals surface area contributed by atoms with Gasteiger partial charge in [0.2, 0.25) is 0 Å². The summed E-state index contributed by atoms with van der Waals surface area (Å²) in [6.07, 6.45) is 2.74. The van der Waals surface area contributed by atoms with E-state index in [-0.39, 0.29) is 5.84 Å². The minimum Gasteiger partial charge on any atom is -0.409 e. The Morgan fingerprint density at radius 2 is 2.31 bits per heavy atom. The molecule has 1 aromatic rings. The molecule has 88 valence electrons. The van der Waals surface area contributed by atoms with Crippen LogP contribution in [0.3, 0.4) is 0 Å². The Bertz CT molecular complexity index is 390. The van der Waals surface area contributed by atoms with E-state index < -0.39 is 0 Å². The molecule has 16 heavy (non-hydrogen) atoms. The van der Waals surface area contributed by atoms with Gasteiger partial charge in [-0.15, -0.1) is 0 Å². The highest BCUT2D eigenvalue weighted by Crippen LogP contribution is 2.19. The highest BCUT2D eigenvalue weighted by molar-refractivity contribution is 6.02. The van der Waals surface area contributed by atoms with Gasteiger partial charge in [0, 0.05) is 19.8 Å². The van der Waals surface area contributed by atoms with Crippen LogP contribution in [0.1, 0.15) is 24.5 Å². The Hall–Kier alpha value is -1.78. The second-order valence-corrected chi connectivity index (χ2v) is 3.73. The summed E-state index contributed by atoms with van der Waals surface area (Å²) in [7, 11) is 1.94. The van der Waals surface area contributed by atoms with Crippen LogP contribution in [0.2, 0.25) is 0 Å². The zero-order valence-corrected chi connectivity index (χ0v) is 9.94. The lowest BCUT2D eigenvalue weighted by molar-refractivity contribution is 0.318. The van der Waals surface area contributed by atoms with Crippen molar-refractivity contribution < 1.29 is 5.21 Å². The van der Waals surface area contributed by atoms with Gasteiger partial charge in [0.15, 0.2) is 5.84 Å². The summed E-state index contributed by atoms with van der Waals surface area (Å²) in [6.45, 7) is 4.88. The molecule has 0 radical (unpaired) electrons. The van der Waals surface area contributed by atoms with E-state index in [4.69, 9.17) is 10.9 Å². The predicted octanol–water partition coefficient (Wildman–Crippen LogP) is 1.33. The van der Waals surface area contributed by atoms with E-state index in [9.17, 15) is 0 Å². The summed E-state index contributed by atoms with van der Waals surface area (Å²) in [5.41, 5.74) is 7.31. The molecule has 0 unspecified atom stereocenters. The number of aryl methyl sites for hydroxylation is 1. The molecule has 0 amide bonds. The second kappa shape index (κ2) is 5.34. The Kier molecular flexibility index (Phi) is 4.10. The van der Waals surface area contributed by atoms with Crippen molar-refractivity contribution in [3.63, 3.8) is 0 Å². The van der Waals surface area contributed by atoms with E-state index in [0.717, 1.165) is 24.3 Å². The van der Waals surface area contributed by atoms with E-state index in [1.165, 1.54) is 0 Å². The van der Waals surface area contributed by atoms with E-state index >= 15 is 0 Å². The van der Waals surface area contributed by atoms with Crippen molar-refractivity contribution >= 4 is 11.7 Å². The Balaban J connectivity index is 3.23. The first-order valence-electron chi connectivity index (χ1n) is 5.26. The molecule has 5 heteroatoms. The molecule has 1 rings (SSSR count). The minimum atomic E-state index is 0.101. The van der Waals surface area contributed by atoms with Crippen LogP contribution in [0, 0.1) is 6.92 Å². The number of amidine groups is 1. The number of oxime groups is 1. The summed E-state index contributed by atoms with van der Waals surface area (Å²) in [5.74, 6) is 0.848. The van der Waals surface area contributed by atoms with Crippen LogP contribution in [0.15, 0.2) is 17.4 Å². The van der Waals surface area contributed by atoms with Crippen LogP contribution < -0.4 is 10.6 Å². The summed E-state index contributed by atoms with van der Waals surface area (Å²) in [4.78, 5) is 6.28. The first-order chi connectivity index (χ1) is 7.61. The molecule has 0 aliphatic rings. The number of pyridine rings is 1. The van der Waals surface area contributed by atoms with Gasteiger partial charge in [-0.05, 0) is 25.0 Å². The van der Waals surface area contributed by atoms with E-state index in [2.05, 4.69) is 17.1 Å². The molecular weight excluding hydrogens is 204 g/mol. The zero-order chi connectivity index (χ0) is 12.1. The monoisotopic (exact) mass is 222 g/mol. The van der Waals surface area contributed by atoms with Crippen LogP contribution in [0.25, 0.3) is 0 Å². The van der Waals surface area contributed by atoms with Crippen molar-refractivity contribution in [2.75, 3.05) is 18.5 Å². The molecule has 0 aromatic carbocycles. The number of anilines is 1. The maximum atomic E-state index is 8.77. The van der Waals surface area contributed by atoms with Crippen molar-refractivity contribution in [3.8, 4) is 0 Å². The van der Waals surface area contributed by atoms with Crippen molar-refractivity contribution in [2.24, 2.45) is 10.9 Å². The summed E-state index contributed by atoms with van der Waals surface area (Å²) < 4.78 is 0. The van der Waals surface area contributed by atoms with Gasteiger partial charge in [-0.3, -0.25) is 0 Å². The zero-order valence-electron chi connectivity index (χ0n) is 9.94. The molecule has 0 fully saturated rings. The minimum absolute atomic E-state index is 0.101. The highest BCUT2D eigenvalue weighted by Gasteiger charge is 2.14. The first kappa shape index (κ1) is 12.3. The molecular formula is C11H18N4O. The molecule has 0 aliphatic carbocycles. The van der Waals surface area contributed by atoms with Gasteiger partial charge in [-0.25, -0.2) is 4.98 Å². The normalized spacial score (nSPS) is 11.6. The number of rotatable bonds is 4. The number of aromatic nitrogens is 1. The maximum absolute atomic E-state index is 8.77. The molecule has 5 nitrogen and oxygen atoms in total. The fourth-order valence-corrected chi connectivity index (χ4v) is 1.64. The lowest BCUT2D eigenvalue weighted by atomic mass is 10.1. The third-order valence-electron chi connectivity index (χ3n) is 2.42. The van der Waals surface area contributed by atoms with Gasteiger partial charge in [0.05, 0.1) is 5.56 Å². The standard InChI is InChI=1S/C11H18N4O/c1-4-7-15(3)11-9(10(12)14-16)8(2)5-6-13-11/h5-6,16H,4,7H2,1-3H3,(H2,12,14). The Morgan fingerprint density at radius 3 is 2.88 bits per heavy atom. The van der Waals surface area contributed by atoms with Gasteiger partial charge < -0.3 is 15.8 Å². The van der Waals surface area contributed by atoms with Gasteiger partial charge in [-0.1, -0.05) is 12.1 Å². The molecule has 3 N–H and O–H groups in total. The number of hydrogen-bond acceptors (Lipinski definition) is 4. The third-order valence-corrected chi connectivity index (χ3v) is 2.42. The van der Waals surface area contributed by atoms with E-state index in [1.54, 1.807) is 6.20 Å². The average Bonchev–Trinajstić information content (AvgIpc) is 2.28. The molecule has 0 saturated carbocycles. The fourth-order valence-electron chi connectivity index (χ4n) is 1.64. The SMILES string of the molecule is CCCN(C)c1nccc(C)c1/C(N)=N/O. The summed E-state index contributed by atoms with van der Waals surface area (Å²) in [6, 6.07) is 1.84. The van der Waals surface area contributed by atoms with Crippen molar-refractivity contribution in [1.29, 1.82) is 0 Å². The maximum Gasteiger partial charge on any atom is 0.174 e. The summed E-state index contributed by atoms with van der Waals surface area (Å²) in [5, 5.41) is 11.8. The van der Waals surface area contributed by atoms with Gasteiger partial charge >= 0.3 is 0 Å². The topological polar surface area (TPSA) is 74.7 Å². The number of nitrogens with zero attached hydrogens (tertiary/aromatic N) is 3. The predicted molar refractivity (Wildman–Crippen MR) is 65.0 cm³/mol. The molecule has 0 spiro atoms. The lowest BCUT2D eigenvalue weighted by Crippen LogP contribution is -2.25. The quantitative estimate of drug-likeness (QED) is 0.349. The lowest BCUT2D eigenvalue weighted by Gasteiger charge is -2.21. The van der Waals surface area contributed by atoms with Crippen LogP contribution in [0.4, 0.5) is 5.82 Å². The molecule has 1 aromatic heterocycles. The number of nitrogens with two attached hydrogens (primary N) is 1. The first-order valence-corrected chi connectivity index (χ1v) is 5.26. The van der Waals surface area contributed by atoms with E-state index in [0.29, 0.717) is 5.56 Å². The third kappa shape index (κ3) is 2.42. The van der Waals surface area contributed by atoms with Gasteiger partial charge in [0.25, 0.3) is 0 Å². The van der Waals surface area contributed by atoms with Crippen LogP contribution in [-0.2, 0) is 0 Å². The highest BCUT2D eigenvalue weighted by atomic mass is 16.4. The Labute approximate surface area is 95.6 Å². The fraction of sp³-hybridized carbons (Fsp3) is 0.455. The Morgan fingerprint density at radius 1 is 1.62 bits per heavy atom. The molecule has 0 aliphatic heterocycles. The largest absolute Gasteiger partial charge is 0.409 e. The molecule has 0 saturated heterocycles.